The normalized spacial score (nSPS) is 12.7. The van der Waals surface area contributed by atoms with Crippen LogP contribution in [0.3, 0.4) is 0 Å². The van der Waals surface area contributed by atoms with Crippen molar-refractivity contribution in [1.82, 2.24) is 0 Å². The van der Waals surface area contributed by atoms with Crippen molar-refractivity contribution < 1.29 is 14.5 Å². The van der Waals surface area contributed by atoms with Gasteiger partial charge in [-0.2, -0.15) is 5.26 Å². The molecule has 4 rings (SSSR count). The highest BCUT2D eigenvalue weighted by molar-refractivity contribution is 9.10. The van der Waals surface area contributed by atoms with Crippen LogP contribution in [0, 0.1) is 11.3 Å². The van der Waals surface area contributed by atoms with E-state index < -0.39 is 0 Å². The monoisotopic (exact) mass is 498 g/mol. The first-order valence-corrected chi connectivity index (χ1v) is 11.2. The number of methoxy groups -OCH3 is 1. The molecule has 31 heavy (non-hydrogen) atoms. The van der Waals surface area contributed by atoms with Crippen LogP contribution in [-0.2, 0) is 19.4 Å². The zero-order valence-electron chi connectivity index (χ0n) is 17.1. The van der Waals surface area contributed by atoms with Crippen molar-refractivity contribution in [2.45, 2.75) is 32.3 Å². The van der Waals surface area contributed by atoms with Crippen LogP contribution in [0.15, 0.2) is 40.9 Å². The molecule has 0 atom stereocenters. The van der Waals surface area contributed by atoms with Gasteiger partial charge in [-0.25, -0.2) is 4.98 Å². The van der Waals surface area contributed by atoms with Crippen molar-refractivity contribution in [3.8, 4) is 28.7 Å². The number of aromatic amines is 1. The Bertz CT molecular complexity index is 1190. The molecule has 5 nitrogen and oxygen atoms in total. The zero-order valence-corrected chi connectivity index (χ0v) is 19.4. The summed E-state index contributed by atoms with van der Waals surface area (Å²) >= 11 is 9.51. The lowest BCUT2D eigenvalue weighted by Crippen LogP contribution is -2.24. The number of H-pyrrole nitrogens is 1. The summed E-state index contributed by atoms with van der Waals surface area (Å²) in [5, 5.41) is 10.5. The molecule has 0 spiro atoms. The van der Waals surface area contributed by atoms with Crippen LogP contribution in [0.2, 0.25) is 5.02 Å². The van der Waals surface area contributed by atoms with E-state index in [2.05, 4.69) is 27.0 Å². The van der Waals surface area contributed by atoms with E-state index in [1.807, 2.05) is 24.3 Å². The Labute approximate surface area is 194 Å². The molecule has 0 aliphatic heterocycles. The number of ether oxygens (including phenoxy) is 2. The largest absolute Gasteiger partial charge is 0.496 e. The first-order chi connectivity index (χ1) is 15.0. The average molecular weight is 500 g/mol. The second-order valence-electron chi connectivity index (χ2n) is 7.45. The molecule has 0 amide bonds. The minimum absolute atomic E-state index is 0.301. The van der Waals surface area contributed by atoms with Crippen LogP contribution < -0.4 is 20.2 Å². The lowest BCUT2D eigenvalue weighted by atomic mass is 9.86. The smallest absolute Gasteiger partial charge is 0.289 e. The third kappa shape index (κ3) is 4.34. The molecule has 0 saturated heterocycles. The fourth-order valence-corrected chi connectivity index (χ4v) is 4.86. The molecule has 1 heterocycles. The average Bonchev–Trinajstić information content (AvgIpc) is 2.77. The Morgan fingerprint density at radius 1 is 1.16 bits per heavy atom. The van der Waals surface area contributed by atoms with Gasteiger partial charge in [0.05, 0.1) is 11.6 Å². The number of nitrogens with zero attached hydrogens (tertiary/aromatic N) is 1. The van der Waals surface area contributed by atoms with Crippen molar-refractivity contribution in [3.63, 3.8) is 0 Å². The molecule has 158 valence electrons. The maximum absolute atomic E-state index is 9.82. The highest BCUT2D eigenvalue weighted by Gasteiger charge is 2.25. The minimum atomic E-state index is 0.301. The number of fused-ring (bicyclic) bond motifs is 1. The lowest BCUT2D eigenvalue weighted by Gasteiger charge is -2.20. The number of nitrogen functional groups attached to an aromatic ring is 1. The Morgan fingerprint density at radius 2 is 1.94 bits per heavy atom. The standard InChI is InChI=1S/C24H21BrClN3O2/c1-30-21-8-6-14(10-15(21)13-31-22-9-7-16(26)11-19(22)25)23-17-4-2-3-5-20(17)29-24(28)18(23)12-27/h6-11H,2-5,13H2,1H3,(H2,28,29)/p+1. The highest BCUT2D eigenvalue weighted by atomic mass is 79.9. The number of hydrogen-bond acceptors (Lipinski definition) is 4. The zero-order chi connectivity index (χ0) is 22.0. The topological polar surface area (TPSA) is 82.4 Å². The minimum Gasteiger partial charge on any atom is -0.496 e. The predicted octanol–water partition coefficient (Wildman–Crippen LogP) is 5.50. The predicted molar refractivity (Wildman–Crippen MR) is 124 cm³/mol. The van der Waals surface area contributed by atoms with Crippen LogP contribution in [0.5, 0.6) is 11.5 Å². The van der Waals surface area contributed by atoms with Gasteiger partial charge in [-0.15, -0.1) is 0 Å². The number of hydrogen-bond donors (Lipinski definition) is 1. The highest BCUT2D eigenvalue weighted by Crippen LogP contribution is 2.37. The van der Waals surface area contributed by atoms with Crippen molar-refractivity contribution in [1.29, 1.82) is 5.26 Å². The van der Waals surface area contributed by atoms with E-state index in [-0.39, 0.29) is 0 Å². The van der Waals surface area contributed by atoms with Gasteiger partial charge in [0.2, 0.25) is 0 Å². The molecule has 3 aromatic rings. The van der Waals surface area contributed by atoms with Gasteiger partial charge in [0.1, 0.15) is 35.4 Å². The summed E-state index contributed by atoms with van der Waals surface area (Å²) in [7, 11) is 1.63. The molecule has 1 aliphatic rings. The molecule has 0 unspecified atom stereocenters. The summed E-state index contributed by atoms with van der Waals surface area (Å²) < 4.78 is 12.4. The third-order valence-corrected chi connectivity index (χ3v) is 6.39. The summed E-state index contributed by atoms with van der Waals surface area (Å²) in [4.78, 5) is 3.24. The van der Waals surface area contributed by atoms with Crippen LogP contribution >= 0.6 is 27.5 Å². The number of nitrogens with two attached hydrogens (primary N) is 1. The quantitative estimate of drug-likeness (QED) is 0.502. The molecule has 0 saturated carbocycles. The summed E-state index contributed by atoms with van der Waals surface area (Å²) in [5.74, 6) is 1.82. The van der Waals surface area contributed by atoms with E-state index >= 15 is 0 Å². The molecule has 0 radical (unpaired) electrons. The third-order valence-electron chi connectivity index (χ3n) is 5.53. The van der Waals surface area contributed by atoms with Crippen LogP contribution in [0.1, 0.15) is 35.2 Å². The van der Waals surface area contributed by atoms with E-state index in [0.29, 0.717) is 28.8 Å². The number of rotatable bonds is 5. The second-order valence-corrected chi connectivity index (χ2v) is 8.75. The first kappa shape index (κ1) is 21.5. The number of aryl methyl sites for hydroxylation is 1. The maximum Gasteiger partial charge on any atom is 0.289 e. The number of nitrogens with one attached hydrogen (secondary N) is 1. The number of halogens is 2. The van der Waals surface area contributed by atoms with E-state index in [4.69, 9.17) is 26.8 Å². The molecule has 1 aliphatic carbocycles. The number of pyridine rings is 1. The molecule has 7 heteroatoms. The van der Waals surface area contributed by atoms with E-state index in [0.717, 1.165) is 58.3 Å². The van der Waals surface area contributed by atoms with Gasteiger partial charge in [0.15, 0.2) is 0 Å². The van der Waals surface area contributed by atoms with Gasteiger partial charge in [-0.1, -0.05) is 17.7 Å². The summed E-state index contributed by atoms with van der Waals surface area (Å²) in [6.07, 6.45) is 4.08. The van der Waals surface area contributed by atoms with Crippen molar-refractivity contribution in [3.05, 3.63) is 68.3 Å². The number of benzene rings is 2. The maximum atomic E-state index is 9.82. The van der Waals surface area contributed by atoms with Gasteiger partial charge in [-0.05, 0) is 71.1 Å². The summed E-state index contributed by atoms with van der Waals surface area (Å²) in [6, 6.07) is 13.6. The van der Waals surface area contributed by atoms with Gasteiger partial charge in [0.25, 0.3) is 5.82 Å². The van der Waals surface area contributed by atoms with Crippen LogP contribution in [-0.4, -0.2) is 7.11 Å². The SMILES string of the molecule is COc1ccc(-c2c(C#N)c(N)[nH+]c3c2CCCC3)cc1COc1ccc(Cl)cc1Br. The summed E-state index contributed by atoms with van der Waals surface area (Å²) in [5.41, 5.74) is 11.7. The van der Waals surface area contributed by atoms with Gasteiger partial charge in [-0.3, -0.25) is 5.73 Å². The van der Waals surface area contributed by atoms with Crippen molar-refractivity contribution in [2.24, 2.45) is 0 Å². The van der Waals surface area contributed by atoms with Crippen molar-refractivity contribution >= 4 is 33.3 Å². The first-order valence-electron chi connectivity index (χ1n) is 10.0. The number of aromatic nitrogens is 1. The van der Waals surface area contributed by atoms with Gasteiger partial charge < -0.3 is 9.47 Å². The summed E-state index contributed by atoms with van der Waals surface area (Å²) in [6.45, 7) is 0.301. The van der Waals surface area contributed by atoms with Crippen LogP contribution in [0.25, 0.3) is 11.1 Å². The Hall–Kier alpha value is -2.75. The molecule has 3 N–H and O–H groups in total. The molecule has 0 fully saturated rings. The molecule has 0 bridgehead atoms. The fraction of sp³-hybridized carbons (Fsp3) is 0.250. The molecule has 1 aromatic heterocycles. The van der Waals surface area contributed by atoms with Crippen molar-refractivity contribution in [2.75, 3.05) is 12.8 Å². The van der Waals surface area contributed by atoms with E-state index in [9.17, 15) is 5.26 Å². The molecule has 2 aromatic carbocycles. The number of anilines is 1. The molecular formula is C24H22BrClN3O2+. The molecular weight excluding hydrogens is 478 g/mol. The van der Waals surface area contributed by atoms with Gasteiger partial charge in [0, 0.05) is 28.1 Å². The van der Waals surface area contributed by atoms with Crippen LogP contribution in [0.4, 0.5) is 5.82 Å². The van der Waals surface area contributed by atoms with E-state index in [1.165, 1.54) is 5.56 Å². The second kappa shape index (κ2) is 9.17. The number of nitriles is 1. The van der Waals surface area contributed by atoms with E-state index in [1.54, 1.807) is 19.2 Å². The Kier molecular flexibility index (Phi) is 6.35. The van der Waals surface area contributed by atoms with Gasteiger partial charge >= 0.3 is 0 Å². The Morgan fingerprint density at radius 3 is 2.68 bits per heavy atom. The fourth-order valence-electron chi connectivity index (χ4n) is 4.06. The Balaban J connectivity index is 1.76. The lowest BCUT2D eigenvalue weighted by molar-refractivity contribution is -0.374.